The molecule has 0 aliphatic carbocycles. The van der Waals surface area contributed by atoms with Gasteiger partial charge in [-0.15, -0.1) is 0 Å². The van der Waals surface area contributed by atoms with Gasteiger partial charge in [0, 0.05) is 13.6 Å². The van der Waals surface area contributed by atoms with Crippen LogP contribution in [0, 0.1) is 6.92 Å². The van der Waals surface area contributed by atoms with E-state index in [4.69, 9.17) is 15.2 Å². The third-order valence-corrected chi connectivity index (χ3v) is 3.00. The standard InChI is InChI=1S/C15H21N3O2/c1-4-9-19-12-5-7-13(8-6-12)20-15-14(10-16)11(2)17-18(15)3/h5-8H,4,9-10,16H2,1-3H3. The van der Waals surface area contributed by atoms with Crippen molar-refractivity contribution < 1.29 is 9.47 Å². The molecule has 1 aromatic carbocycles. The Balaban J connectivity index is 2.14. The molecule has 5 heteroatoms. The van der Waals surface area contributed by atoms with Crippen LogP contribution >= 0.6 is 0 Å². The van der Waals surface area contributed by atoms with E-state index >= 15 is 0 Å². The number of nitrogens with two attached hydrogens (primary N) is 1. The molecule has 108 valence electrons. The number of ether oxygens (including phenoxy) is 2. The van der Waals surface area contributed by atoms with Crippen molar-refractivity contribution in [2.45, 2.75) is 26.8 Å². The highest BCUT2D eigenvalue weighted by atomic mass is 16.5. The van der Waals surface area contributed by atoms with Crippen LogP contribution in [0.4, 0.5) is 0 Å². The lowest BCUT2D eigenvalue weighted by Crippen LogP contribution is -2.01. The largest absolute Gasteiger partial charge is 0.494 e. The third-order valence-electron chi connectivity index (χ3n) is 3.00. The molecular weight excluding hydrogens is 254 g/mol. The number of rotatable bonds is 6. The van der Waals surface area contributed by atoms with Crippen molar-refractivity contribution in [3.8, 4) is 17.4 Å². The van der Waals surface area contributed by atoms with Crippen LogP contribution in [-0.2, 0) is 13.6 Å². The van der Waals surface area contributed by atoms with Gasteiger partial charge in [-0.05, 0) is 37.6 Å². The van der Waals surface area contributed by atoms with Gasteiger partial charge in [0.25, 0.3) is 0 Å². The Morgan fingerprint density at radius 2 is 1.85 bits per heavy atom. The summed E-state index contributed by atoms with van der Waals surface area (Å²) in [5.74, 6) is 2.28. The van der Waals surface area contributed by atoms with E-state index in [-0.39, 0.29) is 0 Å². The van der Waals surface area contributed by atoms with Gasteiger partial charge in [-0.3, -0.25) is 0 Å². The zero-order valence-corrected chi connectivity index (χ0v) is 12.2. The van der Waals surface area contributed by atoms with Gasteiger partial charge in [0.1, 0.15) is 11.5 Å². The molecule has 2 aromatic rings. The van der Waals surface area contributed by atoms with Crippen molar-refractivity contribution in [1.82, 2.24) is 9.78 Å². The van der Waals surface area contributed by atoms with Crippen LogP contribution in [-0.4, -0.2) is 16.4 Å². The van der Waals surface area contributed by atoms with E-state index in [1.165, 1.54) is 0 Å². The Bertz CT molecular complexity index is 561. The molecule has 1 aromatic heterocycles. The lowest BCUT2D eigenvalue weighted by Gasteiger charge is -2.09. The number of aromatic nitrogens is 2. The summed E-state index contributed by atoms with van der Waals surface area (Å²) in [7, 11) is 1.85. The Morgan fingerprint density at radius 1 is 1.20 bits per heavy atom. The van der Waals surface area contributed by atoms with Gasteiger partial charge in [-0.2, -0.15) is 5.10 Å². The van der Waals surface area contributed by atoms with E-state index in [2.05, 4.69) is 12.0 Å². The minimum absolute atomic E-state index is 0.409. The van der Waals surface area contributed by atoms with Gasteiger partial charge in [-0.25, -0.2) is 4.68 Å². The van der Waals surface area contributed by atoms with Crippen molar-refractivity contribution in [3.63, 3.8) is 0 Å². The molecule has 0 spiro atoms. The molecule has 0 atom stereocenters. The van der Waals surface area contributed by atoms with E-state index in [9.17, 15) is 0 Å². The molecule has 0 radical (unpaired) electrons. The fraction of sp³-hybridized carbons (Fsp3) is 0.400. The molecule has 0 bridgehead atoms. The molecule has 5 nitrogen and oxygen atoms in total. The lowest BCUT2D eigenvalue weighted by atomic mass is 10.2. The number of hydrogen-bond donors (Lipinski definition) is 1. The van der Waals surface area contributed by atoms with Crippen LogP contribution in [0.1, 0.15) is 24.6 Å². The molecule has 0 fully saturated rings. The summed E-state index contributed by atoms with van der Waals surface area (Å²) in [4.78, 5) is 0. The average molecular weight is 275 g/mol. The van der Waals surface area contributed by atoms with Gasteiger partial charge in [-0.1, -0.05) is 6.92 Å². The summed E-state index contributed by atoms with van der Waals surface area (Å²) in [6.07, 6.45) is 0.992. The van der Waals surface area contributed by atoms with Crippen LogP contribution < -0.4 is 15.2 Å². The first-order chi connectivity index (χ1) is 9.65. The Kier molecular flexibility index (Phi) is 4.63. The molecular formula is C15H21N3O2. The normalized spacial score (nSPS) is 10.6. The first kappa shape index (κ1) is 14.4. The van der Waals surface area contributed by atoms with Gasteiger partial charge in [0.2, 0.25) is 5.88 Å². The summed E-state index contributed by atoms with van der Waals surface area (Å²) < 4.78 is 13.1. The summed E-state index contributed by atoms with van der Waals surface area (Å²) in [6, 6.07) is 7.56. The van der Waals surface area contributed by atoms with Crippen molar-refractivity contribution in [3.05, 3.63) is 35.5 Å². The van der Waals surface area contributed by atoms with Gasteiger partial charge >= 0.3 is 0 Å². The molecule has 2 N–H and O–H groups in total. The minimum Gasteiger partial charge on any atom is -0.494 e. The maximum Gasteiger partial charge on any atom is 0.222 e. The highest BCUT2D eigenvalue weighted by molar-refractivity contribution is 5.37. The highest BCUT2D eigenvalue weighted by Gasteiger charge is 2.13. The quantitative estimate of drug-likeness (QED) is 0.880. The molecule has 0 saturated carbocycles. The minimum atomic E-state index is 0.409. The van der Waals surface area contributed by atoms with Crippen LogP contribution in [0.5, 0.6) is 17.4 Å². The Morgan fingerprint density at radius 3 is 2.45 bits per heavy atom. The van der Waals surface area contributed by atoms with E-state index in [0.29, 0.717) is 12.4 Å². The maximum atomic E-state index is 5.88. The topological polar surface area (TPSA) is 62.3 Å². The van der Waals surface area contributed by atoms with Crippen LogP contribution in [0.2, 0.25) is 0 Å². The molecule has 2 rings (SSSR count). The molecule has 0 unspecified atom stereocenters. The van der Waals surface area contributed by atoms with Crippen LogP contribution in [0.15, 0.2) is 24.3 Å². The smallest absolute Gasteiger partial charge is 0.222 e. The predicted octanol–water partition coefficient (Wildman–Crippen LogP) is 2.77. The predicted molar refractivity (Wildman–Crippen MR) is 78.1 cm³/mol. The van der Waals surface area contributed by atoms with Crippen LogP contribution in [0.3, 0.4) is 0 Å². The van der Waals surface area contributed by atoms with Crippen molar-refractivity contribution >= 4 is 0 Å². The molecule has 1 heterocycles. The second kappa shape index (κ2) is 6.43. The molecule has 0 aliphatic heterocycles. The van der Waals surface area contributed by atoms with Crippen LogP contribution in [0.25, 0.3) is 0 Å². The van der Waals surface area contributed by atoms with E-state index in [1.54, 1.807) is 4.68 Å². The van der Waals surface area contributed by atoms with E-state index in [1.807, 2.05) is 38.2 Å². The van der Waals surface area contributed by atoms with Gasteiger partial charge in [0.15, 0.2) is 0 Å². The van der Waals surface area contributed by atoms with Crippen molar-refractivity contribution in [2.24, 2.45) is 12.8 Å². The molecule has 0 aliphatic rings. The summed E-state index contributed by atoms with van der Waals surface area (Å²) >= 11 is 0. The maximum absolute atomic E-state index is 5.88. The van der Waals surface area contributed by atoms with E-state index in [0.717, 1.165) is 35.8 Å². The van der Waals surface area contributed by atoms with Gasteiger partial charge in [0.05, 0.1) is 17.9 Å². The number of benzene rings is 1. The number of hydrogen-bond acceptors (Lipinski definition) is 4. The second-order valence-electron chi connectivity index (χ2n) is 4.62. The van der Waals surface area contributed by atoms with Gasteiger partial charge < -0.3 is 15.2 Å². The van der Waals surface area contributed by atoms with Crippen molar-refractivity contribution in [2.75, 3.05) is 6.61 Å². The summed E-state index contributed by atoms with van der Waals surface area (Å²) in [6.45, 7) is 5.14. The monoisotopic (exact) mass is 275 g/mol. The zero-order chi connectivity index (χ0) is 14.5. The average Bonchev–Trinajstić information content (AvgIpc) is 2.72. The Hall–Kier alpha value is -2.01. The van der Waals surface area contributed by atoms with Crippen molar-refractivity contribution in [1.29, 1.82) is 0 Å². The first-order valence-electron chi connectivity index (χ1n) is 6.79. The lowest BCUT2D eigenvalue weighted by molar-refractivity contribution is 0.317. The molecule has 0 saturated heterocycles. The Labute approximate surface area is 119 Å². The number of nitrogens with zero attached hydrogens (tertiary/aromatic N) is 2. The van der Waals surface area contributed by atoms with E-state index < -0.39 is 0 Å². The fourth-order valence-corrected chi connectivity index (χ4v) is 1.98. The molecule has 0 amide bonds. The zero-order valence-electron chi connectivity index (χ0n) is 12.2. The summed E-state index contributed by atoms with van der Waals surface area (Å²) in [5, 5.41) is 4.32. The highest BCUT2D eigenvalue weighted by Crippen LogP contribution is 2.28. The third kappa shape index (κ3) is 3.11. The summed E-state index contributed by atoms with van der Waals surface area (Å²) in [5.41, 5.74) is 7.57. The second-order valence-corrected chi connectivity index (χ2v) is 4.62. The molecule has 20 heavy (non-hydrogen) atoms. The fourth-order valence-electron chi connectivity index (χ4n) is 1.98. The first-order valence-corrected chi connectivity index (χ1v) is 6.79. The SMILES string of the molecule is CCCOc1ccc(Oc2c(CN)c(C)nn2C)cc1. The number of aryl methyl sites for hydroxylation is 2.